The third-order valence-electron chi connectivity index (χ3n) is 4.44. The van der Waals surface area contributed by atoms with Crippen molar-refractivity contribution in [2.24, 2.45) is 0 Å². The Labute approximate surface area is 153 Å². The molecule has 0 bridgehead atoms. The number of hydrogen-bond donors (Lipinski definition) is 0. The standard InChI is InChI=1S/C23H32O2/c1-21(2,3)17-9-11-18(12-10-17)23(7,8)19-13-15-20(16-14-19)24-25-22(4,5)6/h9-16H,1-8H3. The van der Waals surface area contributed by atoms with E-state index in [-0.39, 0.29) is 16.4 Å². The predicted octanol–water partition coefficient (Wildman–Crippen LogP) is 6.42. The van der Waals surface area contributed by atoms with Crippen molar-refractivity contribution in [1.29, 1.82) is 0 Å². The number of rotatable bonds is 4. The maximum atomic E-state index is 5.40. The van der Waals surface area contributed by atoms with Gasteiger partial charge in [0.05, 0.1) is 0 Å². The summed E-state index contributed by atoms with van der Waals surface area (Å²) >= 11 is 0. The van der Waals surface area contributed by atoms with Crippen molar-refractivity contribution in [1.82, 2.24) is 0 Å². The van der Waals surface area contributed by atoms with E-state index in [9.17, 15) is 0 Å². The summed E-state index contributed by atoms with van der Waals surface area (Å²) in [5, 5.41) is 0. The highest BCUT2D eigenvalue weighted by atomic mass is 17.2. The van der Waals surface area contributed by atoms with Crippen LogP contribution in [0.15, 0.2) is 48.5 Å². The van der Waals surface area contributed by atoms with E-state index in [0.29, 0.717) is 0 Å². The van der Waals surface area contributed by atoms with E-state index in [0.717, 1.165) is 5.75 Å². The molecule has 2 nitrogen and oxygen atoms in total. The summed E-state index contributed by atoms with van der Waals surface area (Å²) in [4.78, 5) is 10.8. The Kier molecular flexibility index (Phi) is 5.34. The molecule has 0 aromatic heterocycles. The van der Waals surface area contributed by atoms with Crippen LogP contribution in [0.4, 0.5) is 0 Å². The first kappa shape index (κ1) is 19.5. The molecule has 0 fully saturated rings. The topological polar surface area (TPSA) is 18.5 Å². The summed E-state index contributed by atoms with van der Waals surface area (Å²) in [6.45, 7) is 17.1. The van der Waals surface area contributed by atoms with Crippen LogP contribution in [0.2, 0.25) is 0 Å². The number of hydrogen-bond acceptors (Lipinski definition) is 2. The first-order chi connectivity index (χ1) is 11.4. The first-order valence-electron chi connectivity index (χ1n) is 8.97. The first-order valence-corrected chi connectivity index (χ1v) is 8.97. The van der Waals surface area contributed by atoms with E-state index >= 15 is 0 Å². The molecule has 0 saturated carbocycles. The molecule has 0 saturated heterocycles. The minimum Gasteiger partial charge on any atom is -0.337 e. The van der Waals surface area contributed by atoms with Crippen molar-refractivity contribution in [2.45, 2.75) is 71.8 Å². The van der Waals surface area contributed by atoms with E-state index in [1.54, 1.807) is 0 Å². The van der Waals surface area contributed by atoms with Gasteiger partial charge in [-0.15, -0.1) is 0 Å². The average molecular weight is 341 g/mol. The Balaban J connectivity index is 2.18. The summed E-state index contributed by atoms with van der Waals surface area (Å²) in [6, 6.07) is 17.1. The van der Waals surface area contributed by atoms with E-state index < -0.39 is 0 Å². The molecule has 136 valence electrons. The van der Waals surface area contributed by atoms with Crippen LogP contribution in [0, 0.1) is 0 Å². The Hall–Kier alpha value is -1.80. The zero-order valence-corrected chi connectivity index (χ0v) is 16.9. The van der Waals surface area contributed by atoms with Gasteiger partial charge in [-0.2, -0.15) is 4.89 Å². The normalized spacial score (nSPS) is 13.0. The highest BCUT2D eigenvalue weighted by Crippen LogP contribution is 2.34. The molecule has 0 radical (unpaired) electrons. The lowest BCUT2D eigenvalue weighted by molar-refractivity contribution is -0.274. The quantitative estimate of drug-likeness (QED) is 0.472. The highest BCUT2D eigenvalue weighted by Gasteiger charge is 2.24. The van der Waals surface area contributed by atoms with E-state index in [2.05, 4.69) is 71.0 Å². The zero-order chi connectivity index (χ0) is 18.9. The zero-order valence-electron chi connectivity index (χ0n) is 16.9. The Bertz CT molecular complexity index is 681. The Morgan fingerprint density at radius 1 is 0.560 bits per heavy atom. The fraction of sp³-hybridized carbons (Fsp3) is 0.478. The minimum atomic E-state index is -0.327. The molecule has 0 aliphatic heterocycles. The fourth-order valence-electron chi connectivity index (χ4n) is 2.65. The largest absolute Gasteiger partial charge is 0.337 e. The fourth-order valence-corrected chi connectivity index (χ4v) is 2.65. The Morgan fingerprint density at radius 2 is 0.960 bits per heavy atom. The van der Waals surface area contributed by atoms with Gasteiger partial charge in [-0.3, -0.25) is 0 Å². The molecule has 2 aromatic carbocycles. The van der Waals surface area contributed by atoms with E-state index in [1.807, 2.05) is 32.9 Å². The summed E-state index contributed by atoms with van der Waals surface area (Å²) in [5.41, 5.74) is 3.69. The highest BCUT2D eigenvalue weighted by molar-refractivity contribution is 5.41. The lowest BCUT2D eigenvalue weighted by Gasteiger charge is -2.28. The smallest absolute Gasteiger partial charge is 0.165 e. The summed E-state index contributed by atoms with van der Waals surface area (Å²) in [7, 11) is 0. The molecule has 2 heteroatoms. The van der Waals surface area contributed by atoms with Crippen molar-refractivity contribution < 1.29 is 9.78 Å². The van der Waals surface area contributed by atoms with Crippen LogP contribution in [0.5, 0.6) is 5.75 Å². The second-order valence-corrected chi connectivity index (χ2v) is 9.26. The van der Waals surface area contributed by atoms with Crippen LogP contribution in [0.3, 0.4) is 0 Å². The molecule has 0 aliphatic rings. The van der Waals surface area contributed by atoms with Gasteiger partial charge in [-0.25, -0.2) is 0 Å². The second kappa shape index (κ2) is 6.84. The Morgan fingerprint density at radius 3 is 1.36 bits per heavy atom. The van der Waals surface area contributed by atoms with Gasteiger partial charge in [0, 0.05) is 5.41 Å². The average Bonchev–Trinajstić information content (AvgIpc) is 2.52. The molecule has 0 spiro atoms. The van der Waals surface area contributed by atoms with Gasteiger partial charge < -0.3 is 4.89 Å². The third kappa shape index (κ3) is 5.09. The second-order valence-electron chi connectivity index (χ2n) is 9.26. The van der Waals surface area contributed by atoms with Crippen LogP contribution in [-0.4, -0.2) is 5.60 Å². The molecule has 0 atom stereocenters. The SMILES string of the molecule is CC(C)(C)OOc1ccc(C(C)(C)c2ccc(C(C)(C)C)cc2)cc1. The van der Waals surface area contributed by atoms with Crippen molar-refractivity contribution in [3.63, 3.8) is 0 Å². The number of benzene rings is 2. The van der Waals surface area contributed by atoms with Crippen molar-refractivity contribution in [3.8, 4) is 5.75 Å². The summed E-state index contributed by atoms with van der Waals surface area (Å²) in [5.74, 6) is 0.720. The predicted molar refractivity (Wildman–Crippen MR) is 105 cm³/mol. The van der Waals surface area contributed by atoms with Crippen molar-refractivity contribution in [2.75, 3.05) is 0 Å². The molecule has 0 N–H and O–H groups in total. The minimum absolute atomic E-state index is 0.0696. The van der Waals surface area contributed by atoms with Crippen LogP contribution in [0.25, 0.3) is 0 Å². The monoisotopic (exact) mass is 340 g/mol. The molecular formula is C23H32O2. The molecule has 0 amide bonds. The van der Waals surface area contributed by atoms with Crippen LogP contribution < -0.4 is 4.89 Å². The van der Waals surface area contributed by atoms with Gasteiger partial charge in [0.15, 0.2) is 5.75 Å². The van der Waals surface area contributed by atoms with Crippen LogP contribution >= 0.6 is 0 Å². The molecular weight excluding hydrogens is 308 g/mol. The molecule has 2 rings (SSSR count). The van der Waals surface area contributed by atoms with Gasteiger partial charge in [-0.05, 0) is 55.0 Å². The maximum Gasteiger partial charge on any atom is 0.165 e. The van der Waals surface area contributed by atoms with E-state index in [4.69, 9.17) is 9.78 Å². The van der Waals surface area contributed by atoms with Crippen molar-refractivity contribution >= 4 is 0 Å². The van der Waals surface area contributed by atoms with Crippen LogP contribution in [0.1, 0.15) is 72.1 Å². The molecule has 2 aromatic rings. The molecule has 0 aliphatic carbocycles. The van der Waals surface area contributed by atoms with Gasteiger partial charge in [0.2, 0.25) is 0 Å². The van der Waals surface area contributed by atoms with Gasteiger partial charge in [-0.1, -0.05) is 71.0 Å². The van der Waals surface area contributed by atoms with Gasteiger partial charge in [0.1, 0.15) is 5.60 Å². The van der Waals surface area contributed by atoms with Gasteiger partial charge in [0.25, 0.3) is 0 Å². The molecule has 0 heterocycles. The van der Waals surface area contributed by atoms with Gasteiger partial charge >= 0.3 is 0 Å². The summed E-state index contributed by atoms with van der Waals surface area (Å²) in [6.07, 6.45) is 0. The molecule has 25 heavy (non-hydrogen) atoms. The van der Waals surface area contributed by atoms with E-state index in [1.165, 1.54) is 16.7 Å². The molecule has 0 unspecified atom stereocenters. The lowest BCUT2D eigenvalue weighted by atomic mass is 9.77. The van der Waals surface area contributed by atoms with Crippen LogP contribution in [-0.2, 0) is 15.7 Å². The summed E-state index contributed by atoms with van der Waals surface area (Å²) < 4.78 is 0. The van der Waals surface area contributed by atoms with Crippen molar-refractivity contribution in [3.05, 3.63) is 65.2 Å². The maximum absolute atomic E-state index is 5.40. The lowest BCUT2D eigenvalue weighted by Crippen LogP contribution is -2.21. The third-order valence-corrected chi connectivity index (χ3v) is 4.44.